The molecule has 21 heavy (non-hydrogen) atoms. The van der Waals surface area contributed by atoms with Crippen LogP contribution in [0.1, 0.15) is 24.9 Å². The minimum atomic E-state index is 0.385. The van der Waals surface area contributed by atoms with Gasteiger partial charge in [-0.15, -0.1) is 0 Å². The third-order valence-corrected chi connectivity index (χ3v) is 3.75. The molecule has 2 nitrogen and oxygen atoms in total. The van der Waals surface area contributed by atoms with E-state index in [1.807, 2.05) is 18.2 Å². The number of benzene rings is 2. The highest BCUT2D eigenvalue weighted by atomic mass is 35.5. The van der Waals surface area contributed by atoms with Crippen LogP contribution in [0.15, 0.2) is 48.5 Å². The van der Waals surface area contributed by atoms with E-state index in [-0.39, 0.29) is 0 Å². The third-order valence-electron chi connectivity index (χ3n) is 3.32. The van der Waals surface area contributed by atoms with E-state index in [4.69, 9.17) is 23.2 Å². The summed E-state index contributed by atoms with van der Waals surface area (Å²) < 4.78 is 0. The Balaban J connectivity index is 1.81. The number of rotatable bonds is 7. The Labute approximate surface area is 136 Å². The zero-order valence-corrected chi connectivity index (χ0v) is 13.6. The molecule has 0 aliphatic rings. The summed E-state index contributed by atoms with van der Waals surface area (Å²) in [6.45, 7) is 3.88. The van der Waals surface area contributed by atoms with Gasteiger partial charge in [-0.2, -0.15) is 0 Å². The molecule has 112 valence electrons. The van der Waals surface area contributed by atoms with Crippen molar-refractivity contribution in [2.75, 3.05) is 18.4 Å². The highest BCUT2D eigenvalue weighted by Crippen LogP contribution is 2.22. The van der Waals surface area contributed by atoms with E-state index in [9.17, 15) is 0 Å². The molecule has 4 heteroatoms. The van der Waals surface area contributed by atoms with Crippen molar-refractivity contribution in [3.05, 3.63) is 64.1 Å². The minimum Gasteiger partial charge on any atom is -0.384 e. The fourth-order valence-electron chi connectivity index (χ4n) is 2.29. The lowest BCUT2D eigenvalue weighted by Gasteiger charge is -2.18. The standard InChI is InChI=1S/C17H20Cl2N2/c1-2-17(13-6-4-3-5-7-13)21-9-8-20-16-11-14(18)10-15(19)12-16/h3-7,10-12,17,20-21H,2,8-9H2,1H3. The smallest absolute Gasteiger partial charge is 0.0441 e. The number of anilines is 1. The summed E-state index contributed by atoms with van der Waals surface area (Å²) in [6, 6.07) is 16.4. The maximum absolute atomic E-state index is 5.98. The molecule has 0 heterocycles. The van der Waals surface area contributed by atoms with Gasteiger partial charge >= 0.3 is 0 Å². The van der Waals surface area contributed by atoms with Gasteiger partial charge in [0, 0.05) is 34.9 Å². The van der Waals surface area contributed by atoms with E-state index in [1.54, 1.807) is 6.07 Å². The van der Waals surface area contributed by atoms with Gasteiger partial charge in [-0.05, 0) is 30.2 Å². The molecular formula is C17H20Cl2N2. The third kappa shape index (κ3) is 5.24. The highest BCUT2D eigenvalue weighted by molar-refractivity contribution is 6.35. The Morgan fingerprint density at radius 1 is 0.952 bits per heavy atom. The predicted octanol–water partition coefficient (Wildman–Crippen LogP) is 5.15. The number of hydrogen-bond acceptors (Lipinski definition) is 2. The SMILES string of the molecule is CCC(NCCNc1cc(Cl)cc(Cl)c1)c1ccccc1. The molecule has 0 radical (unpaired) electrons. The van der Waals surface area contributed by atoms with Crippen molar-refractivity contribution in [1.82, 2.24) is 5.32 Å². The van der Waals surface area contributed by atoms with E-state index >= 15 is 0 Å². The van der Waals surface area contributed by atoms with Crippen LogP contribution >= 0.6 is 23.2 Å². The minimum absolute atomic E-state index is 0.385. The Bertz CT molecular complexity index is 538. The second-order valence-corrected chi connectivity index (χ2v) is 5.78. The summed E-state index contributed by atoms with van der Waals surface area (Å²) in [4.78, 5) is 0. The molecule has 0 fully saturated rings. The van der Waals surface area contributed by atoms with Crippen molar-refractivity contribution >= 4 is 28.9 Å². The average molecular weight is 323 g/mol. The van der Waals surface area contributed by atoms with Crippen molar-refractivity contribution in [2.24, 2.45) is 0 Å². The first kappa shape index (κ1) is 16.2. The van der Waals surface area contributed by atoms with Crippen molar-refractivity contribution < 1.29 is 0 Å². The maximum Gasteiger partial charge on any atom is 0.0441 e. The zero-order valence-electron chi connectivity index (χ0n) is 12.1. The van der Waals surface area contributed by atoms with E-state index in [0.717, 1.165) is 25.2 Å². The lowest BCUT2D eigenvalue weighted by atomic mass is 10.0. The molecule has 0 saturated carbocycles. The van der Waals surface area contributed by atoms with E-state index in [0.29, 0.717) is 16.1 Å². The molecule has 2 aromatic carbocycles. The summed E-state index contributed by atoms with van der Waals surface area (Å²) >= 11 is 12.0. The lowest BCUT2D eigenvalue weighted by Crippen LogP contribution is -2.26. The first-order chi connectivity index (χ1) is 10.2. The van der Waals surface area contributed by atoms with Crippen molar-refractivity contribution in [1.29, 1.82) is 0 Å². The normalized spacial score (nSPS) is 12.1. The number of halogens is 2. The van der Waals surface area contributed by atoms with Crippen molar-refractivity contribution in [3.63, 3.8) is 0 Å². The van der Waals surface area contributed by atoms with Crippen LogP contribution in [0.4, 0.5) is 5.69 Å². The molecule has 0 saturated heterocycles. The highest BCUT2D eigenvalue weighted by Gasteiger charge is 2.07. The van der Waals surface area contributed by atoms with Crippen LogP contribution in [0.25, 0.3) is 0 Å². The van der Waals surface area contributed by atoms with Crippen LogP contribution in [-0.4, -0.2) is 13.1 Å². The fraction of sp³-hybridized carbons (Fsp3) is 0.294. The van der Waals surface area contributed by atoms with Crippen LogP contribution in [0, 0.1) is 0 Å². The monoisotopic (exact) mass is 322 g/mol. The molecule has 1 atom stereocenters. The molecular weight excluding hydrogens is 303 g/mol. The molecule has 2 rings (SSSR count). The summed E-state index contributed by atoms with van der Waals surface area (Å²) in [5.41, 5.74) is 2.27. The average Bonchev–Trinajstić information content (AvgIpc) is 2.47. The van der Waals surface area contributed by atoms with Crippen molar-refractivity contribution in [2.45, 2.75) is 19.4 Å². The summed E-state index contributed by atoms with van der Waals surface area (Å²) in [6.07, 6.45) is 1.06. The first-order valence-electron chi connectivity index (χ1n) is 7.17. The topological polar surface area (TPSA) is 24.1 Å². The van der Waals surface area contributed by atoms with Crippen LogP contribution in [0.3, 0.4) is 0 Å². The summed E-state index contributed by atoms with van der Waals surface area (Å²) in [5, 5.41) is 8.18. The first-order valence-corrected chi connectivity index (χ1v) is 7.93. The molecule has 0 aliphatic carbocycles. The molecule has 2 N–H and O–H groups in total. The van der Waals surface area contributed by atoms with Gasteiger partial charge in [0.25, 0.3) is 0 Å². The Morgan fingerprint density at radius 3 is 2.24 bits per heavy atom. The van der Waals surface area contributed by atoms with E-state index in [2.05, 4.69) is 41.8 Å². The van der Waals surface area contributed by atoms with Gasteiger partial charge in [0.1, 0.15) is 0 Å². The second kappa shape index (κ2) is 8.28. The molecule has 0 aliphatic heterocycles. The largest absolute Gasteiger partial charge is 0.384 e. The second-order valence-electron chi connectivity index (χ2n) is 4.91. The molecule has 0 aromatic heterocycles. The summed E-state index contributed by atoms with van der Waals surface area (Å²) in [7, 11) is 0. The Kier molecular flexibility index (Phi) is 6.37. The molecule has 0 amide bonds. The number of hydrogen-bond donors (Lipinski definition) is 2. The van der Waals surface area contributed by atoms with E-state index < -0.39 is 0 Å². The molecule has 2 aromatic rings. The maximum atomic E-state index is 5.98. The van der Waals surface area contributed by atoms with Gasteiger partial charge in [-0.3, -0.25) is 0 Å². The zero-order chi connectivity index (χ0) is 15.1. The predicted molar refractivity (Wildman–Crippen MR) is 92.4 cm³/mol. The Morgan fingerprint density at radius 2 is 1.62 bits per heavy atom. The molecule has 0 bridgehead atoms. The van der Waals surface area contributed by atoms with Crippen LogP contribution in [-0.2, 0) is 0 Å². The van der Waals surface area contributed by atoms with Crippen molar-refractivity contribution in [3.8, 4) is 0 Å². The summed E-state index contributed by atoms with van der Waals surface area (Å²) in [5.74, 6) is 0. The van der Waals surface area contributed by atoms with Gasteiger partial charge in [0.05, 0.1) is 0 Å². The van der Waals surface area contributed by atoms with Crippen LogP contribution in [0.5, 0.6) is 0 Å². The van der Waals surface area contributed by atoms with Crippen LogP contribution in [0.2, 0.25) is 10.0 Å². The molecule has 0 spiro atoms. The van der Waals surface area contributed by atoms with Gasteiger partial charge < -0.3 is 10.6 Å². The lowest BCUT2D eigenvalue weighted by molar-refractivity contribution is 0.531. The Hall–Kier alpha value is -1.22. The van der Waals surface area contributed by atoms with Gasteiger partial charge in [0.2, 0.25) is 0 Å². The number of nitrogens with one attached hydrogen (secondary N) is 2. The van der Waals surface area contributed by atoms with Crippen LogP contribution < -0.4 is 10.6 Å². The fourth-order valence-corrected chi connectivity index (χ4v) is 2.82. The van der Waals surface area contributed by atoms with Gasteiger partial charge in [-0.25, -0.2) is 0 Å². The molecule has 1 unspecified atom stereocenters. The van der Waals surface area contributed by atoms with Gasteiger partial charge in [-0.1, -0.05) is 60.5 Å². The quantitative estimate of drug-likeness (QED) is 0.689. The van der Waals surface area contributed by atoms with E-state index in [1.165, 1.54) is 5.56 Å². The van der Waals surface area contributed by atoms with Gasteiger partial charge in [0.15, 0.2) is 0 Å².